The standard InChI is InChI=1S/C6H11.ClH.Mg/c1-5-3-4-6(5)2;;/h5H,3-4H2,1-2H3;1H;/q-1;;+2/p-1/t5-;;/m1../s1. The zero-order valence-corrected chi connectivity index (χ0v) is 7.75. The van der Waals surface area contributed by atoms with Crippen LogP contribution in [-0.2, 0) is 0 Å². The van der Waals surface area contributed by atoms with Crippen LogP contribution in [0.2, 0.25) is 0 Å². The molecule has 1 aliphatic carbocycles. The summed E-state index contributed by atoms with van der Waals surface area (Å²) in [5.74, 6) is 2.64. The normalized spacial score (nSPS) is 27.0. The molecule has 0 heterocycles. The summed E-state index contributed by atoms with van der Waals surface area (Å²) in [6.45, 7) is 4.53. The van der Waals surface area contributed by atoms with Gasteiger partial charge in [0.15, 0.2) is 0 Å². The molecule has 0 aromatic carbocycles. The second-order valence-corrected chi connectivity index (χ2v) is 2.29. The average Bonchev–Trinajstić information content (AvgIpc) is 1.61. The average molecular weight is 143 g/mol. The Labute approximate surface area is 74.0 Å². The molecule has 44 valence electrons. The predicted octanol–water partition coefficient (Wildman–Crippen LogP) is -1.37. The predicted molar refractivity (Wildman–Crippen MR) is 33.1 cm³/mol. The van der Waals surface area contributed by atoms with Crippen molar-refractivity contribution in [3.63, 3.8) is 0 Å². The first-order valence-corrected chi connectivity index (χ1v) is 2.63. The van der Waals surface area contributed by atoms with Gasteiger partial charge >= 0.3 is 23.1 Å². The Morgan fingerprint density at radius 3 is 1.88 bits per heavy atom. The van der Waals surface area contributed by atoms with Crippen LogP contribution < -0.4 is 12.4 Å². The molecule has 1 aliphatic rings. The Kier molecular flexibility index (Phi) is 7.22. The molecule has 0 unspecified atom stereocenters. The first-order valence-electron chi connectivity index (χ1n) is 2.63. The third-order valence-corrected chi connectivity index (χ3v) is 1.81. The van der Waals surface area contributed by atoms with E-state index in [0.717, 1.165) is 5.92 Å². The van der Waals surface area contributed by atoms with Crippen LogP contribution >= 0.6 is 0 Å². The Hall–Kier alpha value is 1.06. The molecule has 8 heavy (non-hydrogen) atoms. The van der Waals surface area contributed by atoms with Crippen molar-refractivity contribution in [2.45, 2.75) is 26.7 Å². The van der Waals surface area contributed by atoms with Crippen LogP contribution in [0.5, 0.6) is 0 Å². The van der Waals surface area contributed by atoms with E-state index < -0.39 is 0 Å². The minimum atomic E-state index is 0. The Morgan fingerprint density at radius 2 is 1.88 bits per heavy atom. The van der Waals surface area contributed by atoms with Crippen molar-refractivity contribution < 1.29 is 12.4 Å². The summed E-state index contributed by atoms with van der Waals surface area (Å²) in [5, 5.41) is 0. The largest absolute Gasteiger partial charge is 2.00 e. The molecule has 0 aromatic rings. The fourth-order valence-corrected chi connectivity index (χ4v) is 0.722. The first kappa shape index (κ1) is 11.8. The maximum Gasteiger partial charge on any atom is 2.00 e. The van der Waals surface area contributed by atoms with Crippen LogP contribution in [0, 0.1) is 11.8 Å². The van der Waals surface area contributed by atoms with Crippen molar-refractivity contribution in [3.05, 3.63) is 5.92 Å². The summed E-state index contributed by atoms with van der Waals surface area (Å²) in [4.78, 5) is 0. The van der Waals surface area contributed by atoms with Gasteiger partial charge in [0.05, 0.1) is 0 Å². The van der Waals surface area contributed by atoms with Crippen LogP contribution in [0.15, 0.2) is 0 Å². The van der Waals surface area contributed by atoms with Crippen molar-refractivity contribution in [3.8, 4) is 0 Å². The van der Waals surface area contributed by atoms with E-state index in [4.69, 9.17) is 0 Å². The summed E-state index contributed by atoms with van der Waals surface area (Å²) in [7, 11) is 0. The summed E-state index contributed by atoms with van der Waals surface area (Å²) < 4.78 is 0. The molecule has 0 aliphatic heterocycles. The molecular weight excluding hydrogens is 132 g/mol. The minimum Gasteiger partial charge on any atom is -1.00 e. The van der Waals surface area contributed by atoms with Crippen molar-refractivity contribution >= 4 is 23.1 Å². The van der Waals surface area contributed by atoms with Gasteiger partial charge in [0.25, 0.3) is 0 Å². The maximum atomic E-state index is 2.29. The van der Waals surface area contributed by atoms with Gasteiger partial charge in [-0.2, -0.15) is 19.3 Å². The number of hydrogen-bond donors (Lipinski definition) is 0. The molecule has 1 fully saturated rings. The Bertz CT molecular complexity index is 48.5. The third kappa shape index (κ3) is 2.56. The van der Waals surface area contributed by atoms with Gasteiger partial charge in [0.1, 0.15) is 0 Å². The second-order valence-electron chi connectivity index (χ2n) is 2.29. The Balaban J connectivity index is 0. The molecule has 0 bridgehead atoms. The quantitative estimate of drug-likeness (QED) is 0.290. The Morgan fingerprint density at radius 1 is 1.50 bits per heavy atom. The first-order chi connectivity index (χ1) is 2.80. The van der Waals surface area contributed by atoms with Crippen LogP contribution in [0.25, 0.3) is 0 Å². The molecular formula is C6H11ClMg. The monoisotopic (exact) mass is 142 g/mol. The van der Waals surface area contributed by atoms with E-state index in [9.17, 15) is 0 Å². The van der Waals surface area contributed by atoms with Crippen LogP contribution in [-0.4, -0.2) is 23.1 Å². The fraction of sp³-hybridized carbons (Fsp3) is 0.833. The van der Waals surface area contributed by atoms with Gasteiger partial charge in [0.2, 0.25) is 0 Å². The van der Waals surface area contributed by atoms with Crippen molar-refractivity contribution in [2.75, 3.05) is 0 Å². The van der Waals surface area contributed by atoms with Gasteiger partial charge in [0, 0.05) is 0 Å². The van der Waals surface area contributed by atoms with Crippen molar-refractivity contribution in [1.82, 2.24) is 0 Å². The molecule has 2 heteroatoms. The fourth-order valence-electron chi connectivity index (χ4n) is 0.722. The summed E-state index contributed by atoms with van der Waals surface area (Å²) in [6.07, 6.45) is 2.83. The number of halogens is 1. The zero-order valence-electron chi connectivity index (χ0n) is 5.58. The molecule has 0 radical (unpaired) electrons. The molecule has 0 saturated heterocycles. The minimum absolute atomic E-state index is 0. The van der Waals surface area contributed by atoms with E-state index in [1.165, 1.54) is 12.8 Å². The molecule has 0 nitrogen and oxygen atoms in total. The number of hydrogen-bond acceptors (Lipinski definition) is 0. The molecule has 0 amide bonds. The molecule has 1 atom stereocenters. The smallest absolute Gasteiger partial charge is 1.00 e. The molecule has 0 N–H and O–H groups in total. The topological polar surface area (TPSA) is 0 Å². The summed E-state index contributed by atoms with van der Waals surface area (Å²) in [6, 6.07) is 0. The molecule has 1 saturated carbocycles. The van der Waals surface area contributed by atoms with Crippen molar-refractivity contribution in [1.29, 1.82) is 0 Å². The van der Waals surface area contributed by atoms with E-state index in [1.807, 2.05) is 0 Å². The zero-order chi connectivity index (χ0) is 4.57. The summed E-state index contributed by atoms with van der Waals surface area (Å²) >= 11 is 0. The van der Waals surface area contributed by atoms with E-state index in [0.29, 0.717) is 0 Å². The van der Waals surface area contributed by atoms with E-state index >= 15 is 0 Å². The van der Waals surface area contributed by atoms with Gasteiger partial charge < -0.3 is 18.3 Å². The number of rotatable bonds is 0. The van der Waals surface area contributed by atoms with Gasteiger partial charge in [-0.05, 0) is 0 Å². The third-order valence-electron chi connectivity index (χ3n) is 1.81. The summed E-state index contributed by atoms with van der Waals surface area (Å²) in [5.41, 5.74) is 0. The van der Waals surface area contributed by atoms with Gasteiger partial charge in [-0.15, -0.1) is 6.42 Å². The van der Waals surface area contributed by atoms with Crippen LogP contribution in [0.4, 0.5) is 0 Å². The van der Waals surface area contributed by atoms with Crippen LogP contribution in [0.3, 0.4) is 0 Å². The van der Waals surface area contributed by atoms with E-state index in [2.05, 4.69) is 13.8 Å². The van der Waals surface area contributed by atoms with E-state index in [1.54, 1.807) is 5.92 Å². The van der Waals surface area contributed by atoms with Crippen molar-refractivity contribution in [2.24, 2.45) is 5.92 Å². The molecule has 0 spiro atoms. The van der Waals surface area contributed by atoms with Gasteiger partial charge in [-0.25, -0.2) is 0 Å². The van der Waals surface area contributed by atoms with Gasteiger partial charge in [-0.1, -0.05) is 6.92 Å². The van der Waals surface area contributed by atoms with Crippen LogP contribution in [0.1, 0.15) is 26.7 Å². The molecule has 0 aromatic heterocycles. The maximum absolute atomic E-state index is 2.29. The SMILES string of the molecule is C[C-]1CC[C@H]1C.[Cl-].[Mg+2]. The second kappa shape index (κ2) is 4.89. The van der Waals surface area contributed by atoms with Gasteiger partial charge in [-0.3, -0.25) is 0 Å². The van der Waals surface area contributed by atoms with E-state index in [-0.39, 0.29) is 35.5 Å². The molecule has 1 rings (SSSR count).